The van der Waals surface area contributed by atoms with Crippen molar-refractivity contribution in [3.63, 3.8) is 0 Å². The molecule has 1 N–H and O–H groups in total. The molecule has 0 aliphatic heterocycles. The molecule has 7 heteroatoms. The molecule has 0 unspecified atom stereocenters. The molecule has 2 amide bonds. The Morgan fingerprint density at radius 1 is 1.04 bits per heavy atom. The van der Waals surface area contributed by atoms with Crippen molar-refractivity contribution in [2.45, 2.75) is 6.10 Å². The van der Waals surface area contributed by atoms with Gasteiger partial charge >= 0.3 is 5.97 Å². The largest absolute Gasteiger partial charge is 0.497 e. The fourth-order valence-electron chi connectivity index (χ4n) is 2.32. The van der Waals surface area contributed by atoms with E-state index in [9.17, 15) is 14.4 Å². The number of rotatable bonds is 7. The lowest BCUT2D eigenvalue weighted by Gasteiger charge is -2.21. The summed E-state index contributed by atoms with van der Waals surface area (Å²) in [4.78, 5) is 38.0. The number of methoxy groups -OCH3 is 1. The summed E-state index contributed by atoms with van der Waals surface area (Å²) in [5.74, 6) is -0.990. The van der Waals surface area contributed by atoms with E-state index >= 15 is 0 Å². The van der Waals surface area contributed by atoms with Gasteiger partial charge in [-0.3, -0.25) is 14.4 Å². The predicted octanol–water partition coefficient (Wildman–Crippen LogP) is 1.80. The Bertz CT molecular complexity index is 805. The number of benzene rings is 2. The average molecular weight is 370 g/mol. The lowest BCUT2D eigenvalue weighted by molar-refractivity contribution is -0.158. The Morgan fingerprint density at radius 3 is 2.37 bits per heavy atom. The van der Waals surface area contributed by atoms with Crippen LogP contribution >= 0.6 is 0 Å². The van der Waals surface area contributed by atoms with Crippen LogP contribution in [0.1, 0.15) is 22.0 Å². The number of carbonyl (C=O) groups excluding carboxylic acids is 3. The third-order valence-electron chi connectivity index (χ3n) is 3.74. The van der Waals surface area contributed by atoms with Crippen LogP contribution in [-0.4, -0.2) is 50.4 Å². The van der Waals surface area contributed by atoms with Crippen molar-refractivity contribution in [3.8, 4) is 5.75 Å². The molecule has 0 bridgehead atoms. The zero-order valence-corrected chi connectivity index (χ0v) is 15.5. The van der Waals surface area contributed by atoms with Gasteiger partial charge < -0.3 is 19.7 Å². The second kappa shape index (κ2) is 9.38. The molecular formula is C20H22N2O5. The first kappa shape index (κ1) is 20.0. The standard InChI is InChI=1S/C20H22N2O5/c1-22(2)20(25)18(14-8-5-4-6-9-14)27-17(23)13-21-19(24)15-10-7-11-16(12-15)26-3/h4-12,18H,13H2,1-3H3,(H,21,24)/t18-/m1/s1. The van der Waals surface area contributed by atoms with E-state index in [1.807, 2.05) is 0 Å². The van der Waals surface area contributed by atoms with E-state index in [0.717, 1.165) is 0 Å². The van der Waals surface area contributed by atoms with Crippen molar-refractivity contribution in [3.05, 3.63) is 65.7 Å². The lowest BCUT2D eigenvalue weighted by atomic mass is 10.1. The molecule has 2 rings (SSSR count). The van der Waals surface area contributed by atoms with Gasteiger partial charge in [0.05, 0.1) is 7.11 Å². The van der Waals surface area contributed by atoms with Crippen LogP contribution in [0.2, 0.25) is 0 Å². The van der Waals surface area contributed by atoms with Gasteiger partial charge in [-0.25, -0.2) is 0 Å². The molecule has 0 spiro atoms. The quantitative estimate of drug-likeness (QED) is 0.751. The van der Waals surface area contributed by atoms with E-state index in [1.54, 1.807) is 68.7 Å². The molecule has 2 aromatic rings. The van der Waals surface area contributed by atoms with Gasteiger partial charge in [0.15, 0.2) is 0 Å². The number of ether oxygens (including phenoxy) is 2. The predicted molar refractivity (Wildman–Crippen MR) is 99.3 cm³/mol. The SMILES string of the molecule is COc1cccc(C(=O)NCC(=O)O[C@@H](C(=O)N(C)C)c2ccccc2)c1. The third-order valence-corrected chi connectivity index (χ3v) is 3.74. The van der Waals surface area contributed by atoms with E-state index in [1.165, 1.54) is 12.0 Å². The summed E-state index contributed by atoms with van der Waals surface area (Å²) in [5, 5.41) is 2.48. The van der Waals surface area contributed by atoms with Crippen LogP contribution in [0, 0.1) is 0 Å². The Morgan fingerprint density at radius 2 is 1.74 bits per heavy atom. The molecule has 0 aliphatic carbocycles. The molecule has 0 radical (unpaired) electrons. The summed E-state index contributed by atoms with van der Waals surface area (Å²) in [6.07, 6.45) is -1.07. The van der Waals surface area contributed by atoms with Crippen molar-refractivity contribution in [2.24, 2.45) is 0 Å². The van der Waals surface area contributed by atoms with Gasteiger partial charge in [0.1, 0.15) is 12.3 Å². The summed E-state index contributed by atoms with van der Waals surface area (Å²) < 4.78 is 10.4. The highest BCUT2D eigenvalue weighted by Crippen LogP contribution is 2.19. The van der Waals surface area contributed by atoms with Crippen molar-refractivity contribution in [1.29, 1.82) is 0 Å². The minimum Gasteiger partial charge on any atom is -0.497 e. The minimum atomic E-state index is -1.07. The third kappa shape index (κ3) is 5.57. The maximum Gasteiger partial charge on any atom is 0.326 e. The Hall–Kier alpha value is -3.35. The van der Waals surface area contributed by atoms with Gasteiger partial charge in [0.25, 0.3) is 11.8 Å². The average Bonchev–Trinajstić information content (AvgIpc) is 2.70. The molecule has 0 aliphatic rings. The number of nitrogens with one attached hydrogen (secondary N) is 1. The van der Waals surface area contributed by atoms with Crippen LogP contribution in [0.25, 0.3) is 0 Å². The van der Waals surface area contributed by atoms with Crippen LogP contribution in [-0.2, 0) is 14.3 Å². The summed E-state index contributed by atoms with van der Waals surface area (Å²) in [6, 6.07) is 15.3. The first-order chi connectivity index (χ1) is 12.9. The summed E-state index contributed by atoms with van der Waals surface area (Å²) in [5.41, 5.74) is 0.912. The molecule has 0 heterocycles. The fraction of sp³-hybridized carbons (Fsp3) is 0.250. The Balaban J connectivity index is 2.01. The van der Waals surface area contributed by atoms with Gasteiger partial charge in [-0.1, -0.05) is 36.4 Å². The van der Waals surface area contributed by atoms with Crippen LogP contribution in [0.3, 0.4) is 0 Å². The summed E-state index contributed by atoms with van der Waals surface area (Å²) in [6.45, 7) is -0.361. The number of carbonyl (C=O) groups is 3. The van der Waals surface area contributed by atoms with Crippen molar-refractivity contribution in [1.82, 2.24) is 10.2 Å². The van der Waals surface area contributed by atoms with Crippen LogP contribution in [0.4, 0.5) is 0 Å². The fourth-order valence-corrected chi connectivity index (χ4v) is 2.32. The first-order valence-electron chi connectivity index (χ1n) is 8.30. The zero-order chi connectivity index (χ0) is 19.8. The van der Waals surface area contributed by atoms with Gasteiger partial charge in [-0.05, 0) is 18.2 Å². The molecule has 2 aromatic carbocycles. The second-order valence-electron chi connectivity index (χ2n) is 5.93. The van der Waals surface area contributed by atoms with E-state index in [2.05, 4.69) is 5.32 Å². The molecule has 142 valence electrons. The van der Waals surface area contributed by atoms with Gasteiger partial charge in [0, 0.05) is 25.2 Å². The highest BCUT2D eigenvalue weighted by Gasteiger charge is 2.26. The number of likely N-dealkylation sites (N-methyl/N-ethyl adjacent to an activating group) is 1. The molecule has 0 aromatic heterocycles. The van der Waals surface area contributed by atoms with E-state index in [-0.39, 0.29) is 12.5 Å². The second-order valence-corrected chi connectivity index (χ2v) is 5.93. The summed E-state index contributed by atoms with van der Waals surface area (Å²) in [7, 11) is 4.66. The molecule has 7 nitrogen and oxygen atoms in total. The van der Waals surface area contributed by atoms with Gasteiger partial charge in [-0.15, -0.1) is 0 Å². The highest BCUT2D eigenvalue weighted by atomic mass is 16.5. The van der Waals surface area contributed by atoms with Crippen molar-refractivity contribution < 1.29 is 23.9 Å². The van der Waals surface area contributed by atoms with Crippen molar-refractivity contribution >= 4 is 17.8 Å². The van der Waals surface area contributed by atoms with Crippen molar-refractivity contribution in [2.75, 3.05) is 27.7 Å². The molecule has 0 saturated heterocycles. The maximum atomic E-state index is 12.4. The molecule has 1 atom stereocenters. The molecular weight excluding hydrogens is 348 g/mol. The smallest absolute Gasteiger partial charge is 0.326 e. The highest BCUT2D eigenvalue weighted by molar-refractivity contribution is 5.96. The van der Waals surface area contributed by atoms with E-state index < -0.39 is 18.0 Å². The number of esters is 1. The zero-order valence-electron chi connectivity index (χ0n) is 15.5. The minimum absolute atomic E-state index is 0.353. The van der Waals surface area contributed by atoms with E-state index in [4.69, 9.17) is 9.47 Å². The van der Waals surface area contributed by atoms with Crippen LogP contribution in [0.15, 0.2) is 54.6 Å². The molecule has 27 heavy (non-hydrogen) atoms. The van der Waals surface area contributed by atoms with Crippen LogP contribution in [0.5, 0.6) is 5.75 Å². The monoisotopic (exact) mass is 370 g/mol. The number of hydrogen-bond acceptors (Lipinski definition) is 5. The van der Waals surface area contributed by atoms with Gasteiger partial charge in [0.2, 0.25) is 6.10 Å². The van der Waals surface area contributed by atoms with Gasteiger partial charge in [-0.2, -0.15) is 0 Å². The number of amides is 2. The number of hydrogen-bond donors (Lipinski definition) is 1. The van der Waals surface area contributed by atoms with Crippen LogP contribution < -0.4 is 10.1 Å². The summed E-state index contributed by atoms with van der Waals surface area (Å²) >= 11 is 0. The maximum absolute atomic E-state index is 12.4. The Labute approximate surface area is 157 Å². The normalized spacial score (nSPS) is 11.2. The first-order valence-corrected chi connectivity index (χ1v) is 8.30. The topological polar surface area (TPSA) is 84.9 Å². The molecule has 0 fully saturated rings. The van der Waals surface area contributed by atoms with E-state index in [0.29, 0.717) is 16.9 Å². The Kier molecular flexibility index (Phi) is 6.93. The molecule has 0 saturated carbocycles. The lowest BCUT2D eigenvalue weighted by Crippen LogP contribution is -2.35. The number of nitrogens with zero attached hydrogens (tertiary/aromatic N) is 1.